The Morgan fingerprint density at radius 2 is 1.81 bits per heavy atom. The van der Waals surface area contributed by atoms with Crippen LogP contribution in [0.15, 0.2) is 29.2 Å². The van der Waals surface area contributed by atoms with Crippen molar-refractivity contribution >= 4 is 10.0 Å². The van der Waals surface area contributed by atoms with Crippen molar-refractivity contribution in [1.82, 2.24) is 10.0 Å². The molecule has 120 valence electrons. The fourth-order valence-electron chi connectivity index (χ4n) is 2.26. The molecule has 1 unspecified atom stereocenters. The quantitative estimate of drug-likeness (QED) is 0.737. The van der Waals surface area contributed by atoms with Crippen LogP contribution in [0.1, 0.15) is 52.1 Å². The molecule has 0 aromatic heterocycles. The van der Waals surface area contributed by atoms with E-state index >= 15 is 0 Å². The summed E-state index contributed by atoms with van der Waals surface area (Å²) in [4.78, 5) is 0.343. The van der Waals surface area contributed by atoms with Crippen LogP contribution in [0, 0.1) is 5.92 Å². The summed E-state index contributed by atoms with van der Waals surface area (Å²) in [6, 6.07) is 7.30. The summed E-state index contributed by atoms with van der Waals surface area (Å²) in [5, 5.41) is 3.29. The van der Waals surface area contributed by atoms with Gasteiger partial charge in [-0.05, 0) is 37.1 Å². The fourth-order valence-corrected chi connectivity index (χ4v) is 3.43. The van der Waals surface area contributed by atoms with Gasteiger partial charge in [-0.25, -0.2) is 13.1 Å². The second kappa shape index (κ2) is 8.51. The summed E-state index contributed by atoms with van der Waals surface area (Å²) in [6.07, 6.45) is 1.97. The van der Waals surface area contributed by atoms with Gasteiger partial charge in [0.1, 0.15) is 0 Å². The molecule has 0 aliphatic rings. The summed E-state index contributed by atoms with van der Waals surface area (Å²) in [5.41, 5.74) is 0.988. The van der Waals surface area contributed by atoms with Gasteiger partial charge in [-0.2, -0.15) is 0 Å². The zero-order chi connectivity index (χ0) is 15.9. The minimum absolute atomic E-state index is 0.143. The van der Waals surface area contributed by atoms with Crippen molar-refractivity contribution in [3.05, 3.63) is 29.8 Å². The first-order valence-corrected chi connectivity index (χ1v) is 9.25. The third kappa shape index (κ3) is 5.41. The molecule has 1 aromatic carbocycles. The summed E-state index contributed by atoms with van der Waals surface area (Å²) < 4.78 is 27.5. The minimum atomic E-state index is -3.42. The Labute approximate surface area is 129 Å². The van der Waals surface area contributed by atoms with Crippen molar-refractivity contribution in [2.45, 2.75) is 51.5 Å². The van der Waals surface area contributed by atoms with E-state index in [1.54, 1.807) is 18.2 Å². The van der Waals surface area contributed by atoms with E-state index in [9.17, 15) is 8.42 Å². The topological polar surface area (TPSA) is 58.2 Å². The van der Waals surface area contributed by atoms with Crippen molar-refractivity contribution in [1.29, 1.82) is 0 Å². The molecule has 0 amide bonds. The number of rotatable bonds is 9. The monoisotopic (exact) mass is 312 g/mol. The molecule has 1 atom stereocenters. The molecule has 21 heavy (non-hydrogen) atoms. The first kappa shape index (κ1) is 18.1. The standard InChI is InChI=1S/C16H28N2O2S/c1-5-14(6-2)12-18-21(19,20)16-10-8-9-15(11-16)13(4)17-7-3/h8-11,13-14,17-18H,5-7,12H2,1-4H3. The van der Waals surface area contributed by atoms with E-state index in [0.717, 1.165) is 24.9 Å². The van der Waals surface area contributed by atoms with Crippen molar-refractivity contribution in [2.75, 3.05) is 13.1 Å². The highest BCUT2D eigenvalue weighted by Gasteiger charge is 2.17. The molecule has 0 saturated heterocycles. The molecule has 0 aliphatic carbocycles. The maximum atomic E-state index is 12.4. The molecule has 0 aliphatic heterocycles. The maximum Gasteiger partial charge on any atom is 0.240 e. The normalized spacial score (nSPS) is 13.6. The van der Waals surface area contributed by atoms with Crippen molar-refractivity contribution in [3.63, 3.8) is 0 Å². The lowest BCUT2D eigenvalue weighted by molar-refractivity contribution is 0.479. The predicted octanol–water partition coefficient (Wildman–Crippen LogP) is 3.07. The van der Waals surface area contributed by atoms with E-state index in [1.807, 2.05) is 19.9 Å². The lowest BCUT2D eigenvalue weighted by atomic mass is 10.0. The maximum absolute atomic E-state index is 12.4. The minimum Gasteiger partial charge on any atom is -0.310 e. The lowest BCUT2D eigenvalue weighted by Crippen LogP contribution is -2.29. The molecule has 5 heteroatoms. The average molecular weight is 312 g/mol. The molecular weight excluding hydrogens is 284 g/mol. The molecule has 1 aromatic rings. The Balaban J connectivity index is 2.86. The Hall–Kier alpha value is -0.910. The van der Waals surface area contributed by atoms with Gasteiger partial charge in [0.05, 0.1) is 4.90 Å². The van der Waals surface area contributed by atoms with Crippen LogP contribution in [0.3, 0.4) is 0 Å². The van der Waals surface area contributed by atoms with Crippen molar-refractivity contribution in [2.24, 2.45) is 5.92 Å². The third-order valence-corrected chi connectivity index (χ3v) is 5.32. The summed E-state index contributed by atoms with van der Waals surface area (Å²) in [5.74, 6) is 0.392. The largest absolute Gasteiger partial charge is 0.310 e. The number of hydrogen-bond donors (Lipinski definition) is 2. The van der Waals surface area contributed by atoms with Gasteiger partial charge in [-0.1, -0.05) is 45.7 Å². The molecular formula is C16H28N2O2S. The van der Waals surface area contributed by atoms with Crippen LogP contribution in [0.25, 0.3) is 0 Å². The zero-order valence-corrected chi connectivity index (χ0v) is 14.3. The Morgan fingerprint density at radius 1 is 1.14 bits per heavy atom. The van der Waals surface area contributed by atoms with Gasteiger partial charge in [-0.15, -0.1) is 0 Å². The summed E-state index contributed by atoms with van der Waals surface area (Å²) in [7, 11) is -3.42. The van der Waals surface area contributed by atoms with Gasteiger partial charge in [0, 0.05) is 12.6 Å². The van der Waals surface area contributed by atoms with E-state index in [2.05, 4.69) is 23.9 Å². The highest BCUT2D eigenvalue weighted by Crippen LogP contribution is 2.18. The van der Waals surface area contributed by atoms with Crippen LogP contribution in [0.5, 0.6) is 0 Å². The van der Waals surface area contributed by atoms with Crippen LogP contribution < -0.4 is 10.0 Å². The molecule has 0 radical (unpaired) electrons. The molecule has 0 spiro atoms. The molecule has 0 saturated carbocycles. The van der Waals surface area contributed by atoms with Gasteiger partial charge in [-0.3, -0.25) is 0 Å². The van der Waals surface area contributed by atoms with Gasteiger partial charge in [0.15, 0.2) is 0 Å². The average Bonchev–Trinajstić information content (AvgIpc) is 2.48. The lowest BCUT2D eigenvalue weighted by Gasteiger charge is -2.16. The molecule has 0 heterocycles. The van der Waals surface area contributed by atoms with Crippen molar-refractivity contribution in [3.8, 4) is 0 Å². The smallest absolute Gasteiger partial charge is 0.240 e. The third-order valence-electron chi connectivity index (χ3n) is 3.90. The second-order valence-corrected chi connectivity index (χ2v) is 7.15. The van der Waals surface area contributed by atoms with E-state index in [-0.39, 0.29) is 6.04 Å². The van der Waals surface area contributed by atoms with Crippen LogP contribution in [-0.2, 0) is 10.0 Å². The first-order chi connectivity index (χ1) is 9.94. The molecule has 4 nitrogen and oxygen atoms in total. The predicted molar refractivity (Wildman–Crippen MR) is 87.8 cm³/mol. The SMILES string of the molecule is CCNC(C)c1cccc(S(=O)(=O)NCC(CC)CC)c1. The van der Waals surface area contributed by atoms with E-state index in [1.165, 1.54) is 0 Å². The molecule has 0 bridgehead atoms. The van der Waals surface area contributed by atoms with Crippen LogP contribution >= 0.6 is 0 Å². The highest BCUT2D eigenvalue weighted by molar-refractivity contribution is 7.89. The van der Waals surface area contributed by atoms with Crippen LogP contribution in [-0.4, -0.2) is 21.5 Å². The van der Waals surface area contributed by atoms with Crippen LogP contribution in [0.2, 0.25) is 0 Å². The van der Waals surface area contributed by atoms with E-state index < -0.39 is 10.0 Å². The summed E-state index contributed by atoms with van der Waals surface area (Å²) in [6.45, 7) is 9.59. The van der Waals surface area contributed by atoms with Gasteiger partial charge >= 0.3 is 0 Å². The highest BCUT2D eigenvalue weighted by atomic mass is 32.2. The summed E-state index contributed by atoms with van der Waals surface area (Å²) >= 11 is 0. The van der Waals surface area contributed by atoms with E-state index in [0.29, 0.717) is 17.4 Å². The van der Waals surface area contributed by atoms with Gasteiger partial charge in [0.2, 0.25) is 10.0 Å². The molecule has 1 rings (SSSR count). The zero-order valence-electron chi connectivity index (χ0n) is 13.5. The van der Waals surface area contributed by atoms with E-state index in [4.69, 9.17) is 0 Å². The Kier molecular flexibility index (Phi) is 7.35. The number of nitrogens with one attached hydrogen (secondary N) is 2. The van der Waals surface area contributed by atoms with Crippen molar-refractivity contribution < 1.29 is 8.42 Å². The first-order valence-electron chi connectivity index (χ1n) is 7.77. The molecule has 0 fully saturated rings. The fraction of sp³-hybridized carbons (Fsp3) is 0.625. The number of benzene rings is 1. The Bertz CT molecular complexity index is 525. The Morgan fingerprint density at radius 3 is 2.38 bits per heavy atom. The van der Waals surface area contributed by atoms with Crippen LogP contribution in [0.4, 0.5) is 0 Å². The number of sulfonamides is 1. The second-order valence-electron chi connectivity index (χ2n) is 5.39. The van der Waals surface area contributed by atoms with Gasteiger partial charge in [0.25, 0.3) is 0 Å². The number of hydrogen-bond acceptors (Lipinski definition) is 3. The van der Waals surface area contributed by atoms with Gasteiger partial charge < -0.3 is 5.32 Å². The molecule has 2 N–H and O–H groups in total.